The highest BCUT2D eigenvalue weighted by Crippen LogP contribution is 2.37. The van der Waals surface area contributed by atoms with Gasteiger partial charge in [0.05, 0.1) is 11.4 Å². The summed E-state index contributed by atoms with van der Waals surface area (Å²) >= 11 is 5.22. The lowest BCUT2D eigenvalue weighted by molar-refractivity contribution is 0.465. The smallest absolute Gasteiger partial charge is 0.142 e. The lowest BCUT2D eigenvalue weighted by Gasteiger charge is -2.22. The number of rotatable bonds is 4. The lowest BCUT2D eigenvalue weighted by Crippen LogP contribution is -2.24. The van der Waals surface area contributed by atoms with Crippen LogP contribution in [0.4, 0.5) is 0 Å². The number of aromatic nitrogens is 2. The summed E-state index contributed by atoms with van der Waals surface area (Å²) in [6.45, 7) is 3.29. The van der Waals surface area contributed by atoms with Crippen molar-refractivity contribution in [3.8, 4) is 10.7 Å². The van der Waals surface area contributed by atoms with Gasteiger partial charge in [0.15, 0.2) is 0 Å². The third kappa shape index (κ3) is 2.95. The monoisotopic (exact) mass is 351 g/mol. The first-order valence-corrected chi connectivity index (χ1v) is 8.73. The van der Waals surface area contributed by atoms with Crippen molar-refractivity contribution in [1.82, 2.24) is 15.3 Å². The van der Waals surface area contributed by atoms with Crippen LogP contribution in [0.5, 0.6) is 0 Å². The zero-order chi connectivity index (χ0) is 13.9. The second kappa shape index (κ2) is 6.33. The normalized spacial score (nSPS) is 18.0. The minimum atomic E-state index is 0.486. The SMILES string of the molecule is CCCNC1CCCc2nc(-c3ccc(Br)cn3)sc21. The molecule has 0 aliphatic heterocycles. The number of aryl methyl sites for hydroxylation is 1. The van der Waals surface area contributed by atoms with E-state index in [1.807, 2.05) is 18.3 Å². The first kappa shape index (κ1) is 14.2. The van der Waals surface area contributed by atoms with Gasteiger partial charge in [-0.05, 0) is 60.3 Å². The van der Waals surface area contributed by atoms with Gasteiger partial charge in [-0.15, -0.1) is 11.3 Å². The molecule has 0 spiro atoms. The lowest BCUT2D eigenvalue weighted by atomic mass is 9.98. The van der Waals surface area contributed by atoms with Crippen molar-refractivity contribution in [3.05, 3.63) is 33.4 Å². The van der Waals surface area contributed by atoms with Crippen LogP contribution in [0.25, 0.3) is 10.7 Å². The maximum absolute atomic E-state index is 4.81. The van der Waals surface area contributed by atoms with Gasteiger partial charge in [-0.25, -0.2) is 4.98 Å². The number of hydrogen-bond donors (Lipinski definition) is 1. The standard InChI is InChI=1S/C15H18BrN3S/c1-2-8-17-11-4-3-5-12-14(11)20-15(19-12)13-7-6-10(16)9-18-13/h6-7,9,11,17H,2-5,8H2,1H3. The van der Waals surface area contributed by atoms with E-state index in [1.54, 1.807) is 11.3 Å². The molecule has 0 amide bonds. The fraction of sp³-hybridized carbons (Fsp3) is 0.467. The molecule has 1 aliphatic rings. The molecule has 2 aromatic rings. The molecule has 1 aliphatic carbocycles. The van der Waals surface area contributed by atoms with Crippen LogP contribution in [0.2, 0.25) is 0 Å². The van der Waals surface area contributed by atoms with Crippen LogP contribution in [-0.4, -0.2) is 16.5 Å². The molecule has 1 N–H and O–H groups in total. The maximum Gasteiger partial charge on any atom is 0.142 e. The molecule has 3 rings (SSSR count). The summed E-state index contributed by atoms with van der Waals surface area (Å²) in [6.07, 6.45) is 6.56. The Morgan fingerprint density at radius 1 is 1.45 bits per heavy atom. The second-order valence-corrected chi connectivity index (χ2v) is 7.04. The molecule has 0 bridgehead atoms. The topological polar surface area (TPSA) is 37.8 Å². The molecule has 0 saturated carbocycles. The summed E-state index contributed by atoms with van der Waals surface area (Å²) in [5.41, 5.74) is 2.25. The van der Waals surface area contributed by atoms with Crippen LogP contribution < -0.4 is 5.32 Å². The Balaban J connectivity index is 1.88. The van der Waals surface area contributed by atoms with Crippen molar-refractivity contribution in [2.45, 2.75) is 38.6 Å². The number of nitrogens with one attached hydrogen (secondary N) is 1. The Hall–Kier alpha value is -0.780. The van der Waals surface area contributed by atoms with Crippen LogP contribution >= 0.6 is 27.3 Å². The van der Waals surface area contributed by atoms with Crippen LogP contribution in [0.1, 0.15) is 42.8 Å². The fourth-order valence-electron chi connectivity index (χ4n) is 2.54. The van der Waals surface area contributed by atoms with Crippen molar-refractivity contribution in [2.75, 3.05) is 6.54 Å². The van der Waals surface area contributed by atoms with Crippen molar-refractivity contribution >= 4 is 27.3 Å². The Bertz CT molecular complexity index is 579. The Labute approximate surface area is 132 Å². The molecular formula is C15H18BrN3S. The Morgan fingerprint density at radius 2 is 2.35 bits per heavy atom. The zero-order valence-corrected chi connectivity index (χ0v) is 13.9. The number of thiazole rings is 1. The molecule has 3 nitrogen and oxygen atoms in total. The average Bonchev–Trinajstić information content (AvgIpc) is 2.90. The van der Waals surface area contributed by atoms with E-state index < -0.39 is 0 Å². The summed E-state index contributed by atoms with van der Waals surface area (Å²) < 4.78 is 1.00. The van der Waals surface area contributed by atoms with Crippen LogP contribution in [-0.2, 0) is 6.42 Å². The van der Waals surface area contributed by atoms with E-state index >= 15 is 0 Å². The molecule has 0 aromatic carbocycles. The Morgan fingerprint density at radius 3 is 3.10 bits per heavy atom. The molecule has 1 unspecified atom stereocenters. The molecule has 106 valence electrons. The van der Waals surface area contributed by atoms with Crippen LogP contribution in [0.3, 0.4) is 0 Å². The third-order valence-electron chi connectivity index (χ3n) is 3.54. The zero-order valence-electron chi connectivity index (χ0n) is 11.5. The fourth-order valence-corrected chi connectivity index (χ4v) is 3.98. The number of halogens is 1. The predicted octanol–water partition coefficient (Wildman–Crippen LogP) is 4.34. The van der Waals surface area contributed by atoms with Gasteiger partial charge in [0.2, 0.25) is 0 Å². The van der Waals surface area contributed by atoms with E-state index in [2.05, 4.69) is 33.2 Å². The van der Waals surface area contributed by atoms with Crippen LogP contribution in [0, 0.1) is 0 Å². The van der Waals surface area contributed by atoms with Gasteiger partial charge in [0, 0.05) is 21.6 Å². The van der Waals surface area contributed by atoms with Gasteiger partial charge in [-0.2, -0.15) is 0 Å². The van der Waals surface area contributed by atoms with Crippen molar-refractivity contribution < 1.29 is 0 Å². The molecular weight excluding hydrogens is 334 g/mol. The molecule has 1 atom stereocenters. The Kier molecular flexibility index (Phi) is 4.48. The highest BCUT2D eigenvalue weighted by Gasteiger charge is 2.24. The molecule has 20 heavy (non-hydrogen) atoms. The summed E-state index contributed by atoms with van der Waals surface area (Å²) in [6, 6.07) is 4.54. The highest BCUT2D eigenvalue weighted by molar-refractivity contribution is 9.10. The second-order valence-electron chi connectivity index (χ2n) is 5.09. The summed E-state index contributed by atoms with van der Waals surface area (Å²) in [7, 11) is 0. The van der Waals surface area contributed by atoms with Gasteiger partial charge >= 0.3 is 0 Å². The van der Waals surface area contributed by atoms with Crippen molar-refractivity contribution in [1.29, 1.82) is 0 Å². The molecule has 0 fully saturated rings. The molecule has 2 heterocycles. The van der Waals surface area contributed by atoms with E-state index in [9.17, 15) is 0 Å². The predicted molar refractivity (Wildman–Crippen MR) is 87.0 cm³/mol. The van der Waals surface area contributed by atoms with E-state index in [-0.39, 0.29) is 0 Å². The van der Waals surface area contributed by atoms with Crippen molar-refractivity contribution in [3.63, 3.8) is 0 Å². The number of hydrogen-bond acceptors (Lipinski definition) is 4. The third-order valence-corrected chi connectivity index (χ3v) is 5.24. The first-order valence-electron chi connectivity index (χ1n) is 7.13. The summed E-state index contributed by atoms with van der Waals surface area (Å²) in [5, 5.41) is 4.69. The summed E-state index contributed by atoms with van der Waals surface area (Å²) in [4.78, 5) is 10.7. The molecule has 5 heteroatoms. The molecule has 2 aromatic heterocycles. The van der Waals surface area contributed by atoms with E-state index in [4.69, 9.17) is 4.98 Å². The van der Waals surface area contributed by atoms with E-state index in [0.29, 0.717) is 6.04 Å². The van der Waals surface area contributed by atoms with Gasteiger partial charge < -0.3 is 5.32 Å². The quantitative estimate of drug-likeness (QED) is 0.889. The molecule has 0 saturated heterocycles. The first-order chi connectivity index (χ1) is 9.78. The maximum atomic E-state index is 4.81. The highest BCUT2D eigenvalue weighted by atomic mass is 79.9. The molecule has 0 radical (unpaired) electrons. The summed E-state index contributed by atoms with van der Waals surface area (Å²) in [5.74, 6) is 0. The van der Waals surface area contributed by atoms with Crippen molar-refractivity contribution in [2.24, 2.45) is 0 Å². The van der Waals surface area contributed by atoms with E-state index in [0.717, 1.165) is 28.1 Å². The van der Waals surface area contributed by atoms with E-state index in [1.165, 1.54) is 29.8 Å². The minimum absolute atomic E-state index is 0.486. The number of fused-ring (bicyclic) bond motifs is 1. The number of pyridine rings is 1. The van der Waals surface area contributed by atoms with Gasteiger partial charge in [0.1, 0.15) is 5.01 Å². The van der Waals surface area contributed by atoms with Crippen LogP contribution in [0.15, 0.2) is 22.8 Å². The van der Waals surface area contributed by atoms with Gasteiger partial charge in [-0.3, -0.25) is 4.98 Å². The number of nitrogens with zero attached hydrogens (tertiary/aromatic N) is 2. The largest absolute Gasteiger partial charge is 0.309 e. The average molecular weight is 352 g/mol. The minimum Gasteiger partial charge on any atom is -0.309 e. The van der Waals surface area contributed by atoms with Gasteiger partial charge in [0.25, 0.3) is 0 Å². The van der Waals surface area contributed by atoms with Gasteiger partial charge in [-0.1, -0.05) is 6.92 Å².